The molecule has 1 saturated heterocycles. The van der Waals surface area contributed by atoms with Crippen LogP contribution in [-0.4, -0.2) is 41.0 Å². The number of anilines is 1. The molecule has 7 heteroatoms. The van der Waals surface area contributed by atoms with Crippen molar-refractivity contribution in [1.82, 2.24) is 4.98 Å². The smallest absolute Gasteiger partial charge is 0.357 e. The molecule has 0 aromatic carbocycles. The molecule has 0 saturated carbocycles. The fourth-order valence-electron chi connectivity index (χ4n) is 2.11. The van der Waals surface area contributed by atoms with Crippen molar-refractivity contribution in [3.8, 4) is 0 Å². The van der Waals surface area contributed by atoms with Crippen molar-refractivity contribution in [3.05, 3.63) is 11.1 Å². The summed E-state index contributed by atoms with van der Waals surface area (Å²) in [4.78, 5) is 29.2. The lowest BCUT2D eigenvalue weighted by Gasteiger charge is -2.30. The van der Waals surface area contributed by atoms with Crippen LogP contribution in [0.2, 0.25) is 0 Å². The van der Waals surface area contributed by atoms with Gasteiger partial charge in [0.05, 0.1) is 6.61 Å². The highest BCUT2D eigenvalue weighted by molar-refractivity contribution is 8.14. The average Bonchev–Trinajstić information content (AvgIpc) is 2.89. The third-order valence-corrected chi connectivity index (χ3v) is 5.06. The molecule has 0 aliphatic carbocycles. The van der Waals surface area contributed by atoms with Gasteiger partial charge in [-0.05, 0) is 19.8 Å². The Balaban J connectivity index is 1.91. The quantitative estimate of drug-likeness (QED) is 0.796. The van der Waals surface area contributed by atoms with Gasteiger partial charge in [-0.15, -0.1) is 11.3 Å². The molecule has 2 heterocycles. The Morgan fingerprint density at radius 3 is 2.80 bits per heavy atom. The third kappa shape index (κ3) is 3.96. The molecule has 1 aromatic heterocycles. The lowest BCUT2D eigenvalue weighted by Crippen LogP contribution is -2.35. The predicted octanol–water partition coefficient (Wildman–Crippen LogP) is 2.57. The summed E-state index contributed by atoms with van der Waals surface area (Å²) >= 11 is 2.90. The Morgan fingerprint density at radius 2 is 2.20 bits per heavy atom. The number of carbonyl (C=O) groups excluding carboxylic acids is 2. The fraction of sp³-hybridized carbons (Fsp3) is 0.615. The Morgan fingerprint density at radius 1 is 1.50 bits per heavy atom. The van der Waals surface area contributed by atoms with Crippen molar-refractivity contribution in [2.75, 3.05) is 24.6 Å². The lowest BCUT2D eigenvalue weighted by atomic mass is 10.1. The van der Waals surface area contributed by atoms with Gasteiger partial charge in [0.2, 0.25) is 0 Å². The van der Waals surface area contributed by atoms with Crippen LogP contribution < -0.4 is 4.90 Å². The number of carbonyl (C=O) groups is 2. The zero-order valence-corrected chi connectivity index (χ0v) is 13.3. The molecular formula is C13H18N2O3S2. The molecule has 0 amide bonds. The third-order valence-electron chi connectivity index (χ3n) is 3.02. The first-order chi connectivity index (χ1) is 9.60. The van der Waals surface area contributed by atoms with Crippen LogP contribution in [0.25, 0.3) is 0 Å². The minimum absolute atomic E-state index is 0.183. The van der Waals surface area contributed by atoms with Crippen LogP contribution in [-0.2, 0) is 9.53 Å². The summed E-state index contributed by atoms with van der Waals surface area (Å²) in [5, 5.41) is 3.19. The van der Waals surface area contributed by atoms with Gasteiger partial charge >= 0.3 is 5.97 Å². The van der Waals surface area contributed by atoms with Crippen LogP contribution >= 0.6 is 23.1 Å². The molecule has 2 rings (SSSR count). The zero-order valence-electron chi connectivity index (χ0n) is 11.6. The van der Waals surface area contributed by atoms with E-state index < -0.39 is 0 Å². The van der Waals surface area contributed by atoms with Crippen molar-refractivity contribution >= 4 is 39.3 Å². The van der Waals surface area contributed by atoms with E-state index in [0.717, 1.165) is 31.1 Å². The van der Waals surface area contributed by atoms with Crippen molar-refractivity contribution < 1.29 is 14.3 Å². The highest BCUT2D eigenvalue weighted by Gasteiger charge is 2.23. The fourth-order valence-corrected chi connectivity index (χ4v) is 3.87. The second-order valence-electron chi connectivity index (χ2n) is 4.53. The first kappa shape index (κ1) is 15.3. The molecule has 0 bridgehead atoms. The minimum Gasteiger partial charge on any atom is -0.461 e. The van der Waals surface area contributed by atoms with Crippen LogP contribution in [0.1, 0.15) is 37.2 Å². The molecule has 20 heavy (non-hydrogen) atoms. The second kappa shape index (κ2) is 7.08. The summed E-state index contributed by atoms with van der Waals surface area (Å²) in [6.07, 6.45) is 1.94. The van der Waals surface area contributed by atoms with Crippen LogP contribution in [0, 0.1) is 0 Å². The Hall–Kier alpha value is -1.08. The number of piperidine rings is 1. The van der Waals surface area contributed by atoms with Crippen LogP contribution in [0.15, 0.2) is 5.38 Å². The summed E-state index contributed by atoms with van der Waals surface area (Å²) in [5.41, 5.74) is 0.382. The maximum atomic E-state index is 11.6. The van der Waals surface area contributed by atoms with E-state index in [1.54, 1.807) is 19.2 Å². The summed E-state index contributed by atoms with van der Waals surface area (Å²) in [5.74, 6) is -0.364. The van der Waals surface area contributed by atoms with Gasteiger partial charge in [-0.3, -0.25) is 4.79 Å². The predicted molar refractivity (Wildman–Crippen MR) is 81.6 cm³/mol. The van der Waals surface area contributed by atoms with Gasteiger partial charge in [0.1, 0.15) is 0 Å². The number of rotatable bonds is 4. The largest absolute Gasteiger partial charge is 0.461 e. The molecule has 0 atom stereocenters. The molecule has 0 spiro atoms. The van der Waals surface area contributed by atoms with Gasteiger partial charge in [-0.25, -0.2) is 9.78 Å². The van der Waals surface area contributed by atoms with E-state index >= 15 is 0 Å². The molecule has 0 unspecified atom stereocenters. The highest BCUT2D eigenvalue weighted by atomic mass is 32.2. The molecular weight excluding hydrogens is 296 g/mol. The summed E-state index contributed by atoms with van der Waals surface area (Å²) < 4.78 is 4.94. The first-order valence-corrected chi connectivity index (χ1v) is 8.41. The summed E-state index contributed by atoms with van der Waals surface area (Å²) in [7, 11) is 0. The molecule has 0 N–H and O–H groups in total. The van der Waals surface area contributed by atoms with Crippen molar-refractivity contribution in [2.24, 2.45) is 0 Å². The van der Waals surface area contributed by atoms with Crippen molar-refractivity contribution in [1.29, 1.82) is 0 Å². The molecule has 1 aliphatic rings. The van der Waals surface area contributed by atoms with Crippen molar-refractivity contribution in [2.45, 2.75) is 31.9 Å². The molecule has 0 radical (unpaired) electrons. The van der Waals surface area contributed by atoms with E-state index in [9.17, 15) is 9.59 Å². The normalized spacial score (nSPS) is 16.2. The topological polar surface area (TPSA) is 59.5 Å². The SMILES string of the molecule is CCOC(=O)c1csc(N2CCC(SC(C)=O)CC2)n1. The van der Waals surface area contributed by atoms with Gasteiger partial charge in [0.25, 0.3) is 0 Å². The summed E-state index contributed by atoms with van der Waals surface area (Å²) in [6, 6.07) is 0. The van der Waals surface area contributed by atoms with Crippen LogP contribution in [0.4, 0.5) is 5.13 Å². The number of thioether (sulfide) groups is 1. The van der Waals surface area contributed by atoms with Crippen molar-refractivity contribution in [3.63, 3.8) is 0 Å². The summed E-state index contributed by atoms with van der Waals surface area (Å²) in [6.45, 7) is 5.51. The maximum Gasteiger partial charge on any atom is 0.357 e. The Bertz CT molecular complexity index is 482. The second-order valence-corrected chi connectivity index (χ2v) is 6.85. The van der Waals surface area contributed by atoms with E-state index in [1.807, 2.05) is 0 Å². The van der Waals surface area contributed by atoms with Crippen LogP contribution in [0.3, 0.4) is 0 Å². The number of aromatic nitrogens is 1. The maximum absolute atomic E-state index is 11.6. The number of hydrogen-bond acceptors (Lipinski definition) is 7. The monoisotopic (exact) mass is 314 g/mol. The molecule has 110 valence electrons. The molecule has 1 aromatic rings. The molecule has 5 nitrogen and oxygen atoms in total. The zero-order chi connectivity index (χ0) is 14.5. The minimum atomic E-state index is -0.364. The van der Waals surface area contributed by atoms with E-state index in [0.29, 0.717) is 17.6 Å². The number of hydrogen-bond donors (Lipinski definition) is 0. The Kier molecular flexibility index (Phi) is 5.42. The van der Waals surface area contributed by atoms with Gasteiger partial charge in [-0.1, -0.05) is 11.8 Å². The van der Waals surface area contributed by atoms with Gasteiger partial charge in [0.15, 0.2) is 15.9 Å². The Labute approximate surface area is 126 Å². The van der Waals surface area contributed by atoms with E-state index in [1.165, 1.54) is 23.1 Å². The average molecular weight is 314 g/mol. The standard InChI is InChI=1S/C13H18N2O3S2/c1-3-18-12(17)11-8-19-13(14-11)15-6-4-10(5-7-15)20-9(2)16/h8,10H,3-7H2,1-2H3. The first-order valence-electron chi connectivity index (χ1n) is 6.65. The van der Waals surface area contributed by atoms with Gasteiger partial charge in [0, 0.05) is 30.6 Å². The highest BCUT2D eigenvalue weighted by Crippen LogP contribution is 2.29. The van der Waals surface area contributed by atoms with Gasteiger partial charge < -0.3 is 9.64 Å². The number of esters is 1. The number of thiazole rings is 1. The molecule has 1 fully saturated rings. The van der Waals surface area contributed by atoms with E-state index in [4.69, 9.17) is 4.74 Å². The number of ether oxygens (including phenoxy) is 1. The van der Waals surface area contributed by atoms with Crippen LogP contribution in [0.5, 0.6) is 0 Å². The van der Waals surface area contributed by atoms with E-state index in [-0.39, 0.29) is 11.1 Å². The van der Waals surface area contributed by atoms with E-state index in [2.05, 4.69) is 9.88 Å². The molecule has 1 aliphatic heterocycles. The number of nitrogens with zero attached hydrogens (tertiary/aromatic N) is 2. The lowest BCUT2D eigenvalue weighted by molar-refractivity contribution is -0.109. The van der Waals surface area contributed by atoms with Gasteiger partial charge in [-0.2, -0.15) is 0 Å².